The first-order chi connectivity index (χ1) is 13.6. The molecule has 0 bridgehead atoms. The lowest BCUT2D eigenvalue weighted by Crippen LogP contribution is -2.55. The van der Waals surface area contributed by atoms with E-state index in [2.05, 4.69) is 34.1 Å². The van der Waals surface area contributed by atoms with E-state index in [1.54, 1.807) is 10.9 Å². The fraction of sp³-hybridized carbons (Fsp3) is 0.750. The third kappa shape index (κ3) is 6.56. The van der Waals surface area contributed by atoms with Gasteiger partial charge < -0.3 is 20.0 Å². The number of rotatable bonds is 6. The van der Waals surface area contributed by atoms with Gasteiger partial charge in [0, 0.05) is 39.4 Å². The van der Waals surface area contributed by atoms with Crippen molar-refractivity contribution in [2.45, 2.75) is 33.1 Å². The van der Waals surface area contributed by atoms with Gasteiger partial charge in [-0.1, -0.05) is 6.92 Å². The monoisotopic (exact) mass is 517 g/mol. The SMILES string of the molecule is CCCN1CCC(CN=C(NCC)N2CCN(c3cnn(C)c3)C(=O)C2)CC1.I. The molecule has 8 nitrogen and oxygen atoms in total. The summed E-state index contributed by atoms with van der Waals surface area (Å²) in [6.45, 7) is 11.4. The van der Waals surface area contributed by atoms with Crippen LogP contribution in [0.2, 0.25) is 0 Å². The molecule has 2 saturated heterocycles. The van der Waals surface area contributed by atoms with Crippen molar-refractivity contribution in [1.29, 1.82) is 0 Å². The minimum atomic E-state index is 0. The Labute approximate surface area is 191 Å². The zero-order valence-electron chi connectivity index (χ0n) is 18.0. The molecule has 9 heteroatoms. The van der Waals surface area contributed by atoms with Gasteiger partial charge in [0.15, 0.2) is 5.96 Å². The maximum atomic E-state index is 12.7. The number of hydrogen-bond acceptors (Lipinski definition) is 4. The number of carbonyl (C=O) groups is 1. The average molecular weight is 517 g/mol. The number of carbonyl (C=O) groups excluding carboxylic acids is 1. The normalized spacial score (nSPS) is 19.4. The molecule has 0 saturated carbocycles. The van der Waals surface area contributed by atoms with Gasteiger partial charge in [0.05, 0.1) is 11.9 Å². The predicted molar refractivity (Wildman–Crippen MR) is 128 cm³/mol. The standard InChI is InChI=1S/C20H35N7O.HI/c1-4-8-25-9-6-17(7-10-25)13-22-20(21-5-2)26-11-12-27(19(28)16-26)18-14-23-24(3)15-18;/h14-15,17H,4-13,16H2,1-3H3,(H,21,22);1H. The van der Waals surface area contributed by atoms with Crippen LogP contribution in [-0.4, -0.2) is 83.8 Å². The summed E-state index contributed by atoms with van der Waals surface area (Å²) in [5, 5.41) is 7.56. The molecule has 0 radical (unpaired) electrons. The van der Waals surface area contributed by atoms with Crippen LogP contribution >= 0.6 is 24.0 Å². The number of piperazine rings is 1. The van der Waals surface area contributed by atoms with E-state index < -0.39 is 0 Å². The molecule has 2 fully saturated rings. The average Bonchev–Trinajstić information content (AvgIpc) is 3.12. The number of likely N-dealkylation sites (tertiary alicyclic amines) is 1. The van der Waals surface area contributed by atoms with Crippen molar-refractivity contribution in [3.8, 4) is 0 Å². The number of amides is 1. The van der Waals surface area contributed by atoms with Crippen LogP contribution in [0.15, 0.2) is 17.4 Å². The molecule has 3 rings (SSSR count). The third-order valence-corrected chi connectivity index (χ3v) is 5.60. The van der Waals surface area contributed by atoms with E-state index in [1.165, 1.54) is 38.9 Å². The van der Waals surface area contributed by atoms with Crippen molar-refractivity contribution in [1.82, 2.24) is 24.9 Å². The number of halogens is 1. The molecule has 0 aliphatic carbocycles. The smallest absolute Gasteiger partial charge is 0.246 e. The summed E-state index contributed by atoms with van der Waals surface area (Å²) in [5.41, 5.74) is 0.868. The fourth-order valence-corrected chi connectivity index (χ4v) is 4.02. The molecule has 0 spiro atoms. The number of anilines is 1. The van der Waals surface area contributed by atoms with Crippen molar-refractivity contribution in [2.75, 3.05) is 57.3 Å². The van der Waals surface area contributed by atoms with Crippen LogP contribution in [0.5, 0.6) is 0 Å². The molecule has 2 aliphatic heterocycles. The van der Waals surface area contributed by atoms with Crippen LogP contribution in [0.4, 0.5) is 5.69 Å². The molecule has 0 aromatic carbocycles. The van der Waals surface area contributed by atoms with E-state index in [1.807, 2.05) is 18.1 Å². The van der Waals surface area contributed by atoms with Crippen molar-refractivity contribution >= 4 is 41.5 Å². The van der Waals surface area contributed by atoms with Crippen LogP contribution in [0, 0.1) is 5.92 Å². The molecule has 1 N–H and O–H groups in total. The number of hydrogen-bond donors (Lipinski definition) is 1. The minimum absolute atomic E-state index is 0. The van der Waals surface area contributed by atoms with Gasteiger partial charge in [-0.15, -0.1) is 24.0 Å². The first kappa shape index (κ1) is 23.9. The number of nitrogens with one attached hydrogen (secondary N) is 1. The van der Waals surface area contributed by atoms with Gasteiger partial charge >= 0.3 is 0 Å². The summed E-state index contributed by atoms with van der Waals surface area (Å²) in [6, 6.07) is 0. The highest BCUT2D eigenvalue weighted by Crippen LogP contribution is 2.19. The number of piperidine rings is 1. The highest BCUT2D eigenvalue weighted by atomic mass is 127. The number of guanidine groups is 1. The molecule has 0 unspecified atom stereocenters. The quantitative estimate of drug-likeness (QED) is 0.354. The van der Waals surface area contributed by atoms with Gasteiger partial charge in [-0.3, -0.25) is 14.5 Å². The Hall–Kier alpha value is -1.36. The lowest BCUT2D eigenvalue weighted by Gasteiger charge is -2.36. The van der Waals surface area contributed by atoms with E-state index in [0.717, 1.165) is 31.3 Å². The lowest BCUT2D eigenvalue weighted by atomic mass is 9.97. The van der Waals surface area contributed by atoms with Gasteiger partial charge in [0.1, 0.15) is 6.54 Å². The molecular formula is C20H36IN7O. The molecule has 1 aromatic rings. The molecule has 29 heavy (non-hydrogen) atoms. The lowest BCUT2D eigenvalue weighted by molar-refractivity contribution is -0.120. The Morgan fingerprint density at radius 2 is 2.00 bits per heavy atom. The highest BCUT2D eigenvalue weighted by molar-refractivity contribution is 14.0. The van der Waals surface area contributed by atoms with Gasteiger partial charge in [0.2, 0.25) is 5.91 Å². The van der Waals surface area contributed by atoms with E-state index in [9.17, 15) is 4.79 Å². The number of nitrogens with zero attached hydrogens (tertiary/aromatic N) is 6. The predicted octanol–water partition coefficient (Wildman–Crippen LogP) is 1.77. The summed E-state index contributed by atoms with van der Waals surface area (Å²) < 4.78 is 1.73. The van der Waals surface area contributed by atoms with Gasteiger partial charge in [0.25, 0.3) is 0 Å². The Bertz CT molecular complexity index is 670. The van der Waals surface area contributed by atoms with Crippen LogP contribution in [0.3, 0.4) is 0 Å². The first-order valence-corrected chi connectivity index (χ1v) is 10.6. The van der Waals surface area contributed by atoms with Crippen LogP contribution in [0.1, 0.15) is 33.1 Å². The van der Waals surface area contributed by atoms with Gasteiger partial charge in [-0.05, 0) is 51.7 Å². The second kappa shape index (κ2) is 11.7. The molecule has 1 aromatic heterocycles. The number of aryl methyl sites for hydroxylation is 1. The Kier molecular flexibility index (Phi) is 9.67. The minimum Gasteiger partial charge on any atom is -0.357 e. The topological polar surface area (TPSA) is 69.0 Å². The molecule has 1 amide bonds. The van der Waals surface area contributed by atoms with Crippen LogP contribution < -0.4 is 10.2 Å². The summed E-state index contributed by atoms with van der Waals surface area (Å²) in [4.78, 5) is 24.0. The molecule has 2 aliphatic rings. The van der Waals surface area contributed by atoms with Crippen LogP contribution in [-0.2, 0) is 11.8 Å². The summed E-state index contributed by atoms with van der Waals surface area (Å²) in [5.74, 6) is 1.62. The van der Waals surface area contributed by atoms with E-state index in [4.69, 9.17) is 4.99 Å². The Balaban J connectivity index is 0.00000300. The number of aliphatic imine (C=N–C) groups is 1. The molecule has 0 atom stereocenters. The van der Waals surface area contributed by atoms with Crippen molar-refractivity contribution in [3.63, 3.8) is 0 Å². The van der Waals surface area contributed by atoms with E-state index in [0.29, 0.717) is 19.0 Å². The largest absolute Gasteiger partial charge is 0.357 e. The maximum Gasteiger partial charge on any atom is 0.246 e. The zero-order chi connectivity index (χ0) is 19.9. The number of aromatic nitrogens is 2. The van der Waals surface area contributed by atoms with E-state index in [-0.39, 0.29) is 29.9 Å². The molecule has 164 valence electrons. The maximum absolute atomic E-state index is 12.7. The fourth-order valence-electron chi connectivity index (χ4n) is 4.02. The Morgan fingerprint density at radius 1 is 1.24 bits per heavy atom. The van der Waals surface area contributed by atoms with Crippen molar-refractivity contribution in [2.24, 2.45) is 18.0 Å². The highest BCUT2D eigenvalue weighted by Gasteiger charge is 2.28. The second-order valence-corrected chi connectivity index (χ2v) is 7.82. The van der Waals surface area contributed by atoms with E-state index >= 15 is 0 Å². The second-order valence-electron chi connectivity index (χ2n) is 7.82. The summed E-state index contributed by atoms with van der Waals surface area (Å²) in [6.07, 6.45) is 7.30. The Morgan fingerprint density at radius 3 is 2.59 bits per heavy atom. The molecular weight excluding hydrogens is 481 g/mol. The summed E-state index contributed by atoms with van der Waals surface area (Å²) >= 11 is 0. The zero-order valence-corrected chi connectivity index (χ0v) is 20.3. The van der Waals surface area contributed by atoms with Crippen molar-refractivity contribution < 1.29 is 4.79 Å². The molecule has 3 heterocycles. The van der Waals surface area contributed by atoms with Crippen molar-refractivity contribution in [3.05, 3.63) is 12.4 Å². The van der Waals surface area contributed by atoms with Gasteiger partial charge in [-0.2, -0.15) is 5.10 Å². The van der Waals surface area contributed by atoms with Gasteiger partial charge in [-0.25, -0.2) is 0 Å². The summed E-state index contributed by atoms with van der Waals surface area (Å²) in [7, 11) is 1.87. The first-order valence-electron chi connectivity index (χ1n) is 10.6. The van der Waals surface area contributed by atoms with Crippen LogP contribution in [0.25, 0.3) is 0 Å². The third-order valence-electron chi connectivity index (χ3n) is 5.60.